The van der Waals surface area contributed by atoms with Gasteiger partial charge < -0.3 is 25.6 Å². The quantitative estimate of drug-likeness (QED) is 0.323. The van der Waals surface area contributed by atoms with Crippen LogP contribution in [0.5, 0.6) is 0 Å². The Hall–Kier alpha value is -3.13. The standard InChI is InChI=1S/C20H23ClN2O.C4H4O4/c1-20(2,11-15-12-22-18-9-4-3-8-17(15)18)23-13-19(24)14-6-5-7-16(21)10-14;5-3(6)1-2-4(7)8/h3-10,12,19,22-24H,11,13H2,1-2H3;1-2H,(H,5,6)(H,7,8)/b;2-1+. The van der Waals surface area contributed by atoms with Crippen LogP contribution in [0, 0.1) is 0 Å². The average Bonchev–Trinajstić information content (AvgIpc) is 3.13. The Kier molecular flexibility index (Phi) is 9.02. The molecule has 0 fully saturated rings. The number of hydrogen-bond donors (Lipinski definition) is 5. The zero-order valence-corrected chi connectivity index (χ0v) is 18.6. The van der Waals surface area contributed by atoms with Crippen molar-refractivity contribution >= 4 is 34.4 Å². The third-order valence-electron chi connectivity index (χ3n) is 4.68. The van der Waals surface area contributed by atoms with Crippen molar-refractivity contribution in [2.24, 2.45) is 0 Å². The van der Waals surface area contributed by atoms with Crippen LogP contribution in [0.1, 0.15) is 31.1 Å². The zero-order chi connectivity index (χ0) is 23.7. The van der Waals surface area contributed by atoms with E-state index in [1.165, 1.54) is 10.9 Å². The molecule has 0 radical (unpaired) electrons. The van der Waals surface area contributed by atoms with Gasteiger partial charge in [0, 0.05) is 46.4 Å². The van der Waals surface area contributed by atoms with Crippen molar-refractivity contribution in [1.29, 1.82) is 0 Å². The van der Waals surface area contributed by atoms with E-state index < -0.39 is 18.0 Å². The maximum Gasteiger partial charge on any atom is 0.328 e. The van der Waals surface area contributed by atoms with Crippen molar-refractivity contribution < 1.29 is 24.9 Å². The van der Waals surface area contributed by atoms with Gasteiger partial charge in [0.25, 0.3) is 0 Å². The van der Waals surface area contributed by atoms with Gasteiger partial charge in [0.2, 0.25) is 0 Å². The van der Waals surface area contributed by atoms with Crippen LogP contribution >= 0.6 is 11.6 Å². The smallest absolute Gasteiger partial charge is 0.328 e. The van der Waals surface area contributed by atoms with Gasteiger partial charge >= 0.3 is 11.9 Å². The Morgan fingerprint density at radius 2 is 1.75 bits per heavy atom. The van der Waals surface area contributed by atoms with Gasteiger partial charge in [0.15, 0.2) is 0 Å². The summed E-state index contributed by atoms with van der Waals surface area (Å²) in [4.78, 5) is 22.4. The fourth-order valence-electron chi connectivity index (χ4n) is 3.16. The SMILES string of the molecule is CC(C)(Cc1c[nH]c2ccccc12)NCC(O)c1cccc(Cl)c1.O=C(O)/C=C/C(=O)O. The molecule has 0 amide bonds. The van der Waals surface area contributed by atoms with E-state index in [1.54, 1.807) is 6.07 Å². The molecule has 3 rings (SSSR count). The van der Waals surface area contributed by atoms with Gasteiger partial charge in [-0.05, 0) is 49.6 Å². The van der Waals surface area contributed by atoms with E-state index in [0.717, 1.165) is 17.5 Å². The predicted octanol–water partition coefficient (Wildman–Crippen LogP) is 4.18. The number of halogens is 1. The summed E-state index contributed by atoms with van der Waals surface area (Å²) in [5, 5.41) is 31.4. The molecule has 1 atom stereocenters. The number of aromatic amines is 1. The van der Waals surface area contributed by atoms with Gasteiger partial charge in [-0.25, -0.2) is 9.59 Å². The molecular weight excluding hydrogens is 432 g/mol. The van der Waals surface area contributed by atoms with E-state index in [-0.39, 0.29) is 5.54 Å². The maximum atomic E-state index is 10.4. The highest BCUT2D eigenvalue weighted by atomic mass is 35.5. The summed E-state index contributed by atoms with van der Waals surface area (Å²) in [7, 11) is 0. The highest BCUT2D eigenvalue weighted by Gasteiger charge is 2.21. The first-order valence-electron chi connectivity index (χ1n) is 9.95. The van der Waals surface area contributed by atoms with Gasteiger partial charge in [-0.2, -0.15) is 0 Å². The van der Waals surface area contributed by atoms with Crippen molar-refractivity contribution in [2.75, 3.05) is 6.54 Å². The number of hydrogen-bond acceptors (Lipinski definition) is 4. The monoisotopic (exact) mass is 458 g/mol. The summed E-state index contributed by atoms with van der Waals surface area (Å²) in [6.07, 6.45) is 3.48. The number of rotatable bonds is 8. The van der Waals surface area contributed by atoms with E-state index >= 15 is 0 Å². The summed E-state index contributed by atoms with van der Waals surface area (Å²) in [5.74, 6) is -2.51. The van der Waals surface area contributed by atoms with E-state index in [4.69, 9.17) is 21.8 Å². The third kappa shape index (κ3) is 8.19. The minimum Gasteiger partial charge on any atom is -0.478 e. The molecule has 8 heteroatoms. The highest BCUT2D eigenvalue weighted by molar-refractivity contribution is 6.30. The molecule has 7 nitrogen and oxygen atoms in total. The molecule has 1 aromatic heterocycles. The summed E-state index contributed by atoms with van der Waals surface area (Å²) in [6, 6.07) is 15.7. The molecule has 0 spiro atoms. The number of carbonyl (C=O) groups is 2. The van der Waals surface area contributed by atoms with E-state index in [1.807, 2.05) is 24.3 Å². The predicted molar refractivity (Wildman–Crippen MR) is 125 cm³/mol. The molecule has 0 aliphatic heterocycles. The van der Waals surface area contributed by atoms with Crippen LogP contribution in [0.15, 0.2) is 66.9 Å². The van der Waals surface area contributed by atoms with Gasteiger partial charge in [0.1, 0.15) is 0 Å². The average molecular weight is 459 g/mol. The topological polar surface area (TPSA) is 123 Å². The van der Waals surface area contributed by atoms with Crippen LogP contribution in [0.4, 0.5) is 0 Å². The largest absolute Gasteiger partial charge is 0.478 e. The number of para-hydroxylation sites is 1. The maximum absolute atomic E-state index is 10.4. The first-order valence-corrected chi connectivity index (χ1v) is 10.3. The number of fused-ring (bicyclic) bond motifs is 1. The zero-order valence-electron chi connectivity index (χ0n) is 17.9. The normalized spacial score (nSPS) is 12.4. The number of nitrogens with one attached hydrogen (secondary N) is 2. The van der Waals surface area contributed by atoms with Gasteiger partial charge in [-0.15, -0.1) is 0 Å². The molecule has 0 aliphatic rings. The number of H-pyrrole nitrogens is 1. The van der Waals surface area contributed by atoms with Crippen molar-refractivity contribution in [1.82, 2.24) is 10.3 Å². The molecule has 170 valence electrons. The third-order valence-corrected chi connectivity index (χ3v) is 4.92. The van der Waals surface area contributed by atoms with Crippen molar-refractivity contribution in [3.63, 3.8) is 0 Å². The summed E-state index contributed by atoms with van der Waals surface area (Å²) >= 11 is 5.99. The van der Waals surface area contributed by atoms with Crippen LogP contribution in [-0.4, -0.2) is 44.3 Å². The molecule has 5 N–H and O–H groups in total. The first-order chi connectivity index (χ1) is 15.1. The Morgan fingerprint density at radius 3 is 2.38 bits per heavy atom. The van der Waals surface area contributed by atoms with E-state index in [0.29, 0.717) is 23.7 Å². The molecule has 0 aliphatic carbocycles. The fourth-order valence-corrected chi connectivity index (χ4v) is 3.36. The highest BCUT2D eigenvalue weighted by Crippen LogP contribution is 2.23. The number of benzene rings is 2. The lowest BCUT2D eigenvalue weighted by molar-refractivity contribution is -0.134. The van der Waals surface area contributed by atoms with E-state index in [2.05, 4.69) is 48.5 Å². The second kappa shape index (κ2) is 11.5. The number of aromatic nitrogens is 1. The number of carboxylic acid groups (broad SMARTS) is 2. The van der Waals surface area contributed by atoms with Crippen LogP contribution in [0.25, 0.3) is 10.9 Å². The minimum absolute atomic E-state index is 0.134. The number of aliphatic hydroxyl groups is 1. The van der Waals surface area contributed by atoms with E-state index in [9.17, 15) is 14.7 Å². The van der Waals surface area contributed by atoms with Crippen LogP contribution in [0.3, 0.4) is 0 Å². The molecular formula is C24H27ClN2O5. The summed E-state index contributed by atoms with van der Waals surface area (Å²) < 4.78 is 0. The molecule has 0 saturated heterocycles. The Balaban J connectivity index is 0.000000390. The summed E-state index contributed by atoms with van der Waals surface area (Å²) in [5.41, 5.74) is 3.13. The fraction of sp³-hybridized carbons (Fsp3) is 0.250. The number of β-amino-alcohol motifs (C(OH)–C–C–N with tert-alkyl or cyclic N) is 1. The molecule has 32 heavy (non-hydrogen) atoms. The number of aliphatic carboxylic acids is 2. The van der Waals surface area contributed by atoms with Gasteiger partial charge in [0.05, 0.1) is 6.10 Å². The lowest BCUT2D eigenvalue weighted by atomic mass is 9.94. The number of carboxylic acids is 2. The Morgan fingerprint density at radius 1 is 1.09 bits per heavy atom. The second-order valence-electron chi connectivity index (χ2n) is 7.88. The number of aliphatic hydroxyl groups excluding tert-OH is 1. The lowest BCUT2D eigenvalue weighted by Gasteiger charge is -2.28. The van der Waals surface area contributed by atoms with Gasteiger partial charge in [-0.1, -0.05) is 41.9 Å². The lowest BCUT2D eigenvalue weighted by Crippen LogP contribution is -2.43. The molecule has 1 unspecified atom stereocenters. The van der Waals surface area contributed by atoms with Gasteiger partial charge in [-0.3, -0.25) is 0 Å². The summed E-state index contributed by atoms with van der Waals surface area (Å²) in [6.45, 7) is 4.79. The minimum atomic E-state index is -1.26. The second-order valence-corrected chi connectivity index (χ2v) is 8.32. The first kappa shape index (κ1) is 25.1. The molecule has 0 bridgehead atoms. The van der Waals surface area contributed by atoms with Crippen LogP contribution in [0.2, 0.25) is 5.02 Å². The van der Waals surface area contributed by atoms with Crippen LogP contribution in [-0.2, 0) is 16.0 Å². The molecule has 0 saturated carbocycles. The van der Waals surface area contributed by atoms with Crippen molar-refractivity contribution in [2.45, 2.75) is 31.9 Å². The Labute approximate surface area is 191 Å². The molecule has 1 heterocycles. The van der Waals surface area contributed by atoms with Crippen LogP contribution < -0.4 is 5.32 Å². The Bertz CT molecular complexity index is 1070. The molecule has 3 aromatic rings. The molecule has 2 aromatic carbocycles. The van der Waals surface area contributed by atoms with Crippen molar-refractivity contribution in [3.8, 4) is 0 Å². The van der Waals surface area contributed by atoms with Crippen molar-refractivity contribution in [3.05, 3.63) is 83.0 Å².